The molecule has 3 rings (SSSR count). The van der Waals surface area contributed by atoms with Crippen LogP contribution in [0.5, 0.6) is 0 Å². The molecule has 29 heavy (non-hydrogen) atoms. The van der Waals surface area contributed by atoms with Crippen LogP contribution in [0.4, 0.5) is 8.78 Å². The van der Waals surface area contributed by atoms with Gasteiger partial charge in [-0.1, -0.05) is 13.0 Å². The smallest absolute Gasteiger partial charge is 0.223 e. The largest absolute Gasteiger partial charge is 0.340 e. The number of benzene rings is 1. The van der Waals surface area contributed by atoms with E-state index < -0.39 is 11.6 Å². The average molecular weight is 453 g/mol. The zero-order valence-corrected chi connectivity index (χ0v) is 18.5. The standard InChI is InChI=1S/C20H30F2N4O.2ClH/c1-2-19(17-4-3-16(21)15-18(17)22)25-13-11-24(12-14-25)8-5-20(27)26-9-6-23-7-10-26;;/h3-4,15,19,23H,2,5-14H2,1H3;2*1H. The van der Waals surface area contributed by atoms with E-state index in [1.54, 1.807) is 6.07 Å². The van der Waals surface area contributed by atoms with E-state index in [1.807, 2.05) is 11.8 Å². The lowest BCUT2D eigenvalue weighted by Crippen LogP contribution is -2.50. The number of carbonyl (C=O) groups is 1. The van der Waals surface area contributed by atoms with E-state index >= 15 is 0 Å². The van der Waals surface area contributed by atoms with E-state index in [2.05, 4.69) is 15.1 Å². The molecule has 2 aliphatic heterocycles. The van der Waals surface area contributed by atoms with Gasteiger partial charge in [-0.15, -0.1) is 24.8 Å². The normalized spacial score (nSPS) is 19.2. The predicted molar refractivity (Wildman–Crippen MR) is 116 cm³/mol. The van der Waals surface area contributed by atoms with Gasteiger partial charge in [0.1, 0.15) is 11.6 Å². The fourth-order valence-electron chi connectivity index (χ4n) is 4.07. The van der Waals surface area contributed by atoms with Gasteiger partial charge in [0.25, 0.3) is 0 Å². The third-order valence-corrected chi connectivity index (χ3v) is 5.67. The monoisotopic (exact) mass is 452 g/mol. The zero-order chi connectivity index (χ0) is 19.2. The van der Waals surface area contributed by atoms with Crippen molar-refractivity contribution in [2.45, 2.75) is 25.8 Å². The summed E-state index contributed by atoms with van der Waals surface area (Å²) in [6.07, 6.45) is 1.34. The van der Waals surface area contributed by atoms with Crippen molar-refractivity contribution in [1.29, 1.82) is 0 Å². The highest BCUT2D eigenvalue weighted by Crippen LogP contribution is 2.28. The lowest BCUT2D eigenvalue weighted by Gasteiger charge is -2.39. The molecule has 9 heteroatoms. The molecule has 166 valence electrons. The molecule has 2 fully saturated rings. The summed E-state index contributed by atoms with van der Waals surface area (Å²) in [6, 6.07) is 3.84. The molecule has 0 aromatic heterocycles. The Kier molecular flexibility index (Phi) is 11.4. The van der Waals surface area contributed by atoms with Gasteiger partial charge < -0.3 is 15.1 Å². The van der Waals surface area contributed by atoms with Crippen LogP contribution in [0.25, 0.3) is 0 Å². The lowest BCUT2D eigenvalue weighted by molar-refractivity contribution is -0.132. The molecule has 1 N–H and O–H groups in total. The molecule has 0 radical (unpaired) electrons. The molecule has 2 saturated heterocycles. The Morgan fingerprint density at radius 2 is 1.72 bits per heavy atom. The molecule has 0 bridgehead atoms. The van der Waals surface area contributed by atoms with Crippen molar-refractivity contribution >= 4 is 30.7 Å². The number of halogens is 4. The predicted octanol–water partition coefficient (Wildman–Crippen LogP) is 2.70. The number of nitrogens with zero attached hydrogens (tertiary/aromatic N) is 3. The molecular weight excluding hydrogens is 421 g/mol. The van der Waals surface area contributed by atoms with Crippen molar-refractivity contribution in [3.8, 4) is 0 Å². The van der Waals surface area contributed by atoms with Crippen LogP contribution in [0.1, 0.15) is 31.4 Å². The molecule has 0 spiro atoms. The van der Waals surface area contributed by atoms with E-state index in [9.17, 15) is 13.6 Å². The summed E-state index contributed by atoms with van der Waals surface area (Å²) in [5.74, 6) is -0.769. The van der Waals surface area contributed by atoms with Crippen LogP contribution in [0, 0.1) is 11.6 Å². The van der Waals surface area contributed by atoms with Crippen LogP contribution in [0.2, 0.25) is 0 Å². The molecule has 5 nitrogen and oxygen atoms in total. The first-order chi connectivity index (χ1) is 13.1. The van der Waals surface area contributed by atoms with Crippen LogP contribution in [-0.4, -0.2) is 79.5 Å². The Hall–Kier alpha value is -0.990. The first kappa shape index (κ1) is 26.0. The summed E-state index contributed by atoms with van der Waals surface area (Å²) >= 11 is 0. The summed E-state index contributed by atoms with van der Waals surface area (Å²) in [4.78, 5) is 18.8. The van der Waals surface area contributed by atoms with Crippen molar-refractivity contribution in [2.24, 2.45) is 0 Å². The van der Waals surface area contributed by atoms with Crippen molar-refractivity contribution in [1.82, 2.24) is 20.0 Å². The Bertz CT molecular complexity index is 639. The molecular formula is C20H32Cl2F2N4O. The topological polar surface area (TPSA) is 38.8 Å². The maximum Gasteiger partial charge on any atom is 0.223 e. The highest BCUT2D eigenvalue weighted by atomic mass is 35.5. The number of piperazine rings is 2. The van der Waals surface area contributed by atoms with Crippen molar-refractivity contribution in [2.75, 3.05) is 58.9 Å². The van der Waals surface area contributed by atoms with Gasteiger partial charge in [0, 0.05) is 83.0 Å². The summed E-state index contributed by atoms with van der Waals surface area (Å²) in [5.41, 5.74) is 0.571. The molecule has 2 aliphatic rings. The van der Waals surface area contributed by atoms with Gasteiger partial charge in [-0.2, -0.15) is 0 Å². The van der Waals surface area contributed by atoms with Gasteiger partial charge in [-0.25, -0.2) is 8.78 Å². The third kappa shape index (κ3) is 7.03. The van der Waals surface area contributed by atoms with Crippen LogP contribution in [-0.2, 0) is 4.79 Å². The van der Waals surface area contributed by atoms with E-state index in [4.69, 9.17) is 0 Å². The van der Waals surface area contributed by atoms with E-state index in [0.717, 1.165) is 71.4 Å². The zero-order valence-electron chi connectivity index (χ0n) is 16.9. The fraction of sp³-hybridized carbons (Fsp3) is 0.650. The Labute approximate surface area is 184 Å². The number of hydrogen-bond acceptors (Lipinski definition) is 4. The second-order valence-electron chi connectivity index (χ2n) is 7.35. The molecule has 0 saturated carbocycles. The fourth-order valence-corrected chi connectivity index (χ4v) is 4.07. The van der Waals surface area contributed by atoms with Gasteiger partial charge in [-0.05, 0) is 12.5 Å². The van der Waals surface area contributed by atoms with Gasteiger partial charge in [-0.3, -0.25) is 9.69 Å². The summed E-state index contributed by atoms with van der Waals surface area (Å²) in [7, 11) is 0. The Morgan fingerprint density at radius 3 is 2.31 bits per heavy atom. The molecule has 2 heterocycles. The molecule has 1 aromatic rings. The van der Waals surface area contributed by atoms with Crippen molar-refractivity contribution in [3.63, 3.8) is 0 Å². The van der Waals surface area contributed by atoms with Gasteiger partial charge in [0.2, 0.25) is 5.91 Å². The van der Waals surface area contributed by atoms with Gasteiger partial charge >= 0.3 is 0 Å². The summed E-state index contributed by atoms with van der Waals surface area (Å²) in [5, 5.41) is 3.26. The van der Waals surface area contributed by atoms with E-state index in [-0.39, 0.29) is 36.8 Å². The number of hydrogen-bond donors (Lipinski definition) is 1. The van der Waals surface area contributed by atoms with Crippen LogP contribution in [0.15, 0.2) is 18.2 Å². The van der Waals surface area contributed by atoms with Gasteiger partial charge in [0.05, 0.1) is 0 Å². The highest BCUT2D eigenvalue weighted by molar-refractivity contribution is 5.85. The van der Waals surface area contributed by atoms with E-state index in [1.165, 1.54) is 6.07 Å². The van der Waals surface area contributed by atoms with Gasteiger partial charge in [0.15, 0.2) is 0 Å². The number of amides is 1. The quantitative estimate of drug-likeness (QED) is 0.719. The minimum absolute atomic E-state index is 0. The average Bonchev–Trinajstić information content (AvgIpc) is 2.70. The minimum Gasteiger partial charge on any atom is -0.340 e. The second kappa shape index (κ2) is 12.6. The Morgan fingerprint density at radius 1 is 1.07 bits per heavy atom. The lowest BCUT2D eigenvalue weighted by atomic mass is 10.0. The maximum absolute atomic E-state index is 14.2. The van der Waals surface area contributed by atoms with Crippen LogP contribution >= 0.6 is 24.8 Å². The summed E-state index contributed by atoms with van der Waals surface area (Å²) in [6.45, 7) is 9.56. The Balaban J connectivity index is 0.00000210. The number of nitrogens with one attached hydrogen (secondary N) is 1. The maximum atomic E-state index is 14.2. The molecule has 1 atom stereocenters. The molecule has 1 unspecified atom stereocenters. The molecule has 1 aromatic carbocycles. The third-order valence-electron chi connectivity index (χ3n) is 5.67. The SMILES string of the molecule is CCC(c1ccc(F)cc1F)N1CCN(CCC(=O)N2CCNCC2)CC1.Cl.Cl. The number of rotatable bonds is 6. The van der Waals surface area contributed by atoms with E-state index in [0.29, 0.717) is 12.0 Å². The van der Waals surface area contributed by atoms with Crippen molar-refractivity contribution < 1.29 is 13.6 Å². The van der Waals surface area contributed by atoms with Crippen molar-refractivity contribution in [3.05, 3.63) is 35.4 Å². The highest BCUT2D eigenvalue weighted by Gasteiger charge is 2.26. The summed E-state index contributed by atoms with van der Waals surface area (Å²) < 4.78 is 27.4. The first-order valence-electron chi connectivity index (χ1n) is 9.98. The number of carbonyl (C=O) groups excluding carboxylic acids is 1. The molecule has 0 aliphatic carbocycles. The minimum atomic E-state index is -0.537. The first-order valence-corrected chi connectivity index (χ1v) is 9.98. The molecule has 1 amide bonds. The van der Waals surface area contributed by atoms with Crippen LogP contribution in [0.3, 0.4) is 0 Å². The van der Waals surface area contributed by atoms with Crippen LogP contribution < -0.4 is 5.32 Å². The second-order valence-corrected chi connectivity index (χ2v) is 7.35.